The van der Waals surface area contributed by atoms with Crippen LogP contribution in [0, 0.1) is 0 Å². The molecule has 1 aliphatic heterocycles. The average molecular weight is 272 g/mol. The Morgan fingerprint density at radius 3 is 3.00 bits per heavy atom. The van der Waals surface area contributed by atoms with Crippen molar-refractivity contribution in [2.24, 2.45) is 0 Å². The van der Waals surface area contributed by atoms with Crippen LogP contribution in [0.2, 0.25) is 0 Å². The van der Waals surface area contributed by atoms with Crippen LogP contribution < -0.4 is 4.90 Å². The lowest BCUT2D eigenvalue weighted by atomic mass is 10.2. The van der Waals surface area contributed by atoms with Gasteiger partial charge in [-0.2, -0.15) is 0 Å². The molecule has 0 radical (unpaired) electrons. The predicted octanol–water partition coefficient (Wildman–Crippen LogP) is 1.85. The van der Waals surface area contributed by atoms with Gasteiger partial charge in [-0.05, 0) is 29.8 Å². The molecule has 0 saturated carbocycles. The SMILES string of the molecule is CC1CN(c2cc(Br)ncn2)C(C)CO1. The van der Waals surface area contributed by atoms with E-state index in [1.807, 2.05) is 6.07 Å². The fourth-order valence-electron chi connectivity index (χ4n) is 1.70. The van der Waals surface area contributed by atoms with Gasteiger partial charge in [-0.25, -0.2) is 9.97 Å². The first kappa shape index (κ1) is 10.8. The number of rotatable bonds is 1. The van der Waals surface area contributed by atoms with Crippen molar-refractivity contribution in [3.05, 3.63) is 17.0 Å². The maximum absolute atomic E-state index is 5.58. The molecule has 2 heterocycles. The molecule has 0 bridgehead atoms. The number of hydrogen-bond donors (Lipinski definition) is 0. The first-order valence-electron chi connectivity index (χ1n) is 5.02. The van der Waals surface area contributed by atoms with E-state index in [0.29, 0.717) is 6.04 Å². The van der Waals surface area contributed by atoms with Crippen molar-refractivity contribution < 1.29 is 4.74 Å². The second-order valence-corrected chi connectivity index (χ2v) is 4.66. The molecule has 1 saturated heterocycles. The van der Waals surface area contributed by atoms with Crippen LogP contribution in [0.5, 0.6) is 0 Å². The van der Waals surface area contributed by atoms with Crippen molar-refractivity contribution in [1.29, 1.82) is 0 Å². The van der Waals surface area contributed by atoms with E-state index in [-0.39, 0.29) is 6.10 Å². The Balaban J connectivity index is 2.21. The third-order valence-corrected chi connectivity index (χ3v) is 2.96. The summed E-state index contributed by atoms with van der Waals surface area (Å²) in [6, 6.07) is 2.30. The van der Waals surface area contributed by atoms with E-state index < -0.39 is 0 Å². The highest BCUT2D eigenvalue weighted by Gasteiger charge is 2.24. The van der Waals surface area contributed by atoms with Crippen LogP contribution in [0.4, 0.5) is 5.82 Å². The molecule has 0 spiro atoms. The summed E-state index contributed by atoms with van der Waals surface area (Å²) >= 11 is 3.35. The number of hydrogen-bond acceptors (Lipinski definition) is 4. The highest BCUT2D eigenvalue weighted by molar-refractivity contribution is 9.10. The zero-order valence-corrected chi connectivity index (χ0v) is 10.4. The second kappa shape index (κ2) is 4.45. The smallest absolute Gasteiger partial charge is 0.133 e. The Hall–Kier alpha value is -0.680. The van der Waals surface area contributed by atoms with E-state index in [2.05, 4.69) is 44.6 Å². The third-order valence-electron chi connectivity index (χ3n) is 2.52. The van der Waals surface area contributed by atoms with Crippen LogP contribution >= 0.6 is 15.9 Å². The topological polar surface area (TPSA) is 38.2 Å². The molecule has 2 atom stereocenters. The van der Waals surface area contributed by atoms with Gasteiger partial charge in [0.05, 0.1) is 18.8 Å². The maximum atomic E-state index is 5.58. The van der Waals surface area contributed by atoms with Crippen molar-refractivity contribution in [2.75, 3.05) is 18.1 Å². The fourth-order valence-corrected chi connectivity index (χ4v) is 2.00. The Morgan fingerprint density at radius 2 is 2.27 bits per heavy atom. The van der Waals surface area contributed by atoms with Gasteiger partial charge in [0.15, 0.2) is 0 Å². The van der Waals surface area contributed by atoms with E-state index in [4.69, 9.17) is 4.74 Å². The van der Waals surface area contributed by atoms with Gasteiger partial charge in [-0.15, -0.1) is 0 Å². The zero-order chi connectivity index (χ0) is 10.8. The molecule has 0 amide bonds. The van der Waals surface area contributed by atoms with E-state index in [0.717, 1.165) is 23.6 Å². The minimum atomic E-state index is 0.259. The third kappa shape index (κ3) is 2.46. The van der Waals surface area contributed by atoms with E-state index in [9.17, 15) is 0 Å². The molecule has 0 N–H and O–H groups in total. The monoisotopic (exact) mass is 271 g/mol. The molecule has 0 aliphatic carbocycles. The number of halogens is 1. The summed E-state index contributed by atoms with van der Waals surface area (Å²) in [6.07, 6.45) is 1.83. The van der Waals surface area contributed by atoms with E-state index >= 15 is 0 Å². The van der Waals surface area contributed by atoms with Gasteiger partial charge in [-0.1, -0.05) is 0 Å². The van der Waals surface area contributed by atoms with Gasteiger partial charge in [0.2, 0.25) is 0 Å². The fraction of sp³-hybridized carbons (Fsp3) is 0.600. The van der Waals surface area contributed by atoms with Crippen molar-refractivity contribution in [3.8, 4) is 0 Å². The largest absolute Gasteiger partial charge is 0.375 e. The predicted molar refractivity (Wildman–Crippen MR) is 62.0 cm³/mol. The van der Waals surface area contributed by atoms with Crippen LogP contribution in [-0.4, -0.2) is 35.3 Å². The molecule has 2 unspecified atom stereocenters. The first-order valence-corrected chi connectivity index (χ1v) is 5.82. The molecule has 1 fully saturated rings. The lowest BCUT2D eigenvalue weighted by Gasteiger charge is -2.37. The van der Waals surface area contributed by atoms with E-state index in [1.165, 1.54) is 0 Å². The van der Waals surface area contributed by atoms with Crippen LogP contribution in [0.15, 0.2) is 17.0 Å². The number of ether oxygens (including phenoxy) is 1. The van der Waals surface area contributed by atoms with E-state index in [1.54, 1.807) is 6.33 Å². The maximum Gasteiger partial charge on any atom is 0.133 e. The highest BCUT2D eigenvalue weighted by Crippen LogP contribution is 2.21. The summed E-state index contributed by atoms with van der Waals surface area (Å²) < 4.78 is 6.39. The normalized spacial score (nSPS) is 26.7. The molecule has 0 aromatic carbocycles. The van der Waals surface area contributed by atoms with Crippen LogP contribution in [0.3, 0.4) is 0 Å². The van der Waals surface area contributed by atoms with Crippen molar-refractivity contribution in [1.82, 2.24) is 9.97 Å². The summed E-state index contributed by atoms with van der Waals surface area (Å²) in [5.74, 6) is 0.958. The minimum Gasteiger partial charge on any atom is -0.375 e. The van der Waals surface area contributed by atoms with Gasteiger partial charge in [-0.3, -0.25) is 0 Å². The Morgan fingerprint density at radius 1 is 1.47 bits per heavy atom. The lowest BCUT2D eigenvalue weighted by molar-refractivity contribution is 0.0340. The molecule has 1 aromatic rings. The Kier molecular flexibility index (Phi) is 3.21. The molecule has 2 rings (SSSR count). The molecule has 82 valence electrons. The number of aromatic nitrogens is 2. The van der Waals surface area contributed by atoms with Crippen LogP contribution in [0.1, 0.15) is 13.8 Å². The molecule has 1 aromatic heterocycles. The quantitative estimate of drug-likeness (QED) is 0.731. The van der Waals surface area contributed by atoms with Gasteiger partial charge in [0.1, 0.15) is 16.7 Å². The van der Waals surface area contributed by atoms with Gasteiger partial charge in [0, 0.05) is 12.6 Å². The molecular formula is C10H14BrN3O. The molecule has 5 heteroatoms. The zero-order valence-electron chi connectivity index (χ0n) is 8.85. The summed E-state index contributed by atoms with van der Waals surface area (Å²) in [4.78, 5) is 10.6. The van der Waals surface area contributed by atoms with Crippen molar-refractivity contribution in [3.63, 3.8) is 0 Å². The number of morpholine rings is 1. The number of nitrogens with zero attached hydrogens (tertiary/aromatic N) is 3. The van der Waals surface area contributed by atoms with Gasteiger partial charge in [0.25, 0.3) is 0 Å². The summed E-state index contributed by atoms with van der Waals surface area (Å²) in [7, 11) is 0. The summed E-state index contributed by atoms with van der Waals surface area (Å²) in [5, 5.41) is 0. The average Bonchev–Trinajstić information content (AvgIpc) is 2.22. The second-order valence-electron chi connectivity index (χ2n) is 3.84. The lowest BCUT2D eigenvalue weighted by Crippen LogP contribution is -2.47. The van der Waals surface area contributed by atoms with Crippen molar-refractivity contribution in [2.45, 2.75) is 26.0 Å². The molecule has 15 heavy (non-hydrogen) atoms. The number of anilines is 1. The molecule has 4 nitrogen and oxygen atoms in total. The molecular weight excluding hydrogens is 258 g/mol. The first-order chi connectivity index (χ1) is 7.16. The Bertz CT molecular complexity index is 347. The van der Waals surface area contributed by atoms with Gasteiger partial charge >= 0.3 is 0 Å². The summed E-state index contributed by atoms with van der Waals surface area (Å²) in [6.45, 7) is 5.85. The Labute approximate surface area is 97.8 Å². The van der Waals surface area contributed by atoms with Crippen LogP contribution in [-0.2, 0) is 4.74 Å². The molecule has 1 aliphatic rings. The minimum absolute atomic E-state index is 0.259. The summed E-state index contributed by atoms with van der Waals surface area (Å²) in [5.41, 5.74) is 0. The van der Waals surface area contributed by atoms with Crippen molar-refractivity contribution >= 4 is 21.7 Å². The highest BCUT2D eigenvalue weighted by atomic mass is 79.9. The van der Waals surface area contributed by atoms with Crippen LogP contribution in [0.25, 0.3) is 0 Å². The van der Waals surface area contributed by atoms with Gasteiger partial charge < -0.3 is 9.64 Å². The standard InChI is InChI=1S/C10H14BrN3O/c1-7-5-15-8(2)4-14(7)10-3-9(11)12-6-13-10/h3,6-8H,4-5H2,1-2H3.